The first kappa shape index (κ1) is 15.3. The quantitative estimate of drug-likeness (QED) is 0.842. The summed E-state index contributed by atoms with van der Waals surface area (Å²) in [6, 6.07) is 5.52. The molecule has 3 rings (SSSR count). The number of carbonyl (C=O) groups is 3. The maximum Gasteiger partial charge on any atom is 0.229 e. The summed E-state index contributed by atoms with van der Waals surface area (Å²) in [5.74, 6) is -0.705. The van der Waals surface area contributed by atoms with Crippen LogP contribution in [-0.4, -0.2) is 39.1 Å². The van der Waals surface area contributed by atoms with Gasteiger partial charge in [-0.05, 0) is 12.1 Å². The first-order valence-electron chi connectivity index (χ1n) is 7.13. The highest BCUT2D eigenvalue weighted by molar-refractivity contribution is 7.14. The predicted octanol–water partition coefficient (Wildman–Crippen LogP) is 1.68. The van der Waals surface area contributed by atoms with E-state index in [2.05, 4.69) is 15.3 Å². The molecule has 0 saturated carbocycles. The molecule has 1 fully saturated rings. The Morgan fingerprint density at radius 1 is 1.22 bits per heavy atom. The molecule has 0 atom stereocenters. The van der Waals surface area contributed by atoms with E-state index in [0.717, 1.165) is 10.6 Å². The number of hydrogen-bond donors (Lipinski definition) is 1. The first-order valence-corrected chi connectivity index (χ1v) is 8.01. The number of nitrogens with zero attached hydrogens (tertiary/aromatic N) is 3. The van der Waals surface area contributed by atoms with E-state index in [0.29, 0.717) is 10.8 Å². The fourth-order valence-corrected chi connectivity index (χ4v) is 2.95. The van der Waals surface area contributed by atoms with E-state index >= 15 is 0 Å². The van der Waals surface area contributed by atoms with E-state index in [4.69, 9.17) is 0 Å². The van der Waals surface area contributed by atoms with Crippen molar-refractivity contribution in [1.82, 2.24) is 14.9 Å². The number of aromatic nitrogens is 2. The van der Waals surface area contributed by atoms with Gasteiger partial charge >= 0.3 is 0 Å². The fraction of sp³-hybridized carbons (Fsp3) is 0.267. The molecule has 0 aliphatic carbocycles. The number of nitrogens with one attached hydrogen (secondary N) is 1. The maximum atomic E-state index is 11.9. The zero-order valence-electron chi connectivity index (χ0n) is 12.2. The normalized spacial score (nSPS) is 14.3. The van der Waals surface area contributed by atoms with E-state index in [1.54, 1.807) is 6.20 Å². The molecule has 0 unspecified atom stereocenters. The van der Waals surface area contributed by atoms with Gasteiger partial charge in [-0.25, -0.2) is 4.98 Å². The Balaban J connectivity index is 1.55. The molecule has 0 bridgehead atoms. The molecule has 7 nitrogen and oxygen atoms in total. The van der Waals surface area contributed by atoms with Gasteiger partial charge in [0.05, 0.1) is 5.69 Å². The van der Waals surface area contributed by atoms with Crippen LogP contribution in [0.2, 0.25) is 0 Å². The summed E-state index contributed by atoms with van der Waals surface area (Å²) in [5.41, 5.74) is 1.42. The Hall–Kier alpha value is -2.61. The molecule has 1 aliphatic rings. The highest BCUT2D eigenvalue weighted by Crippen LogP contribution is 2.23. The largest absolute Gasteiger partial charge is 0.302 e. The average molecular weight is 330 g/mol. The molecular weight excluding hydrogens is 316 g/mol. The number of likely N-dealkylation sites (tertiary alicyclic amines) is 1. The third-order valence-corrected chi connectivity index (χ3v) is 4.15. The van der Waals surface area contributed by atoms with Crippen LogP contribution in [0.5, 0.6) is 0 Å². The summed E-state index contributed by atoms with van der Waals surface area (Å²) in [5, 5.41) is 4.96. The van der Waals surface area contributed by atoms with Gasteiger partial charge in [-0.3, -0.25) is 24.3 Å². The number of anilines is 1. The van der Waals surface area contributed by atoms with Crippen molar-refractivity contribution in [1.29, 1.82) is 0 Å². The van der Waals surface area contributed by atoms with Crippen LogP contribution in [0.25, 0.3) is 11.4 Å². The summed E-state index contributed by atoms with van der Waals surface area (Å²) < 4.78 is 0. The molecule has 0 aromatic carbocycles. The Morgan fingerprint density at radius 3 is 2.70 bits per heavy atom. The zero-order chi connectivity index (χ0) is 16.2. The summed E-state index contributed by atoms with van der Waals surface area (Å²) in [7, 11) is 0. The van der Waals surface area contributed by atoms with Gasteiger partial charge < -0.3 is 5.32 Å². The smallest absolute Gasteiger partial charge is 0.229 e. The van der Waals surface area contributed by atoms with Crippen molar-refractivity contribution in [2.24, 2.45) is 0 Å². The Morgan fingerprint density at radius 2 is 2.00 bits per heavy atom. The van der Waals surface area contributed by atoms with E-state index in [-0.39, 0.29) is 43.5 Å². The molecule has 118 valence electrons. The highest BCUT2D eigenvalue weighted by atomic mass is 32.1. The predicted molar refractivity (Wildman–Crippen MR) is 84.5 cm³/mol. The lowest BCUT2D eigenvalue weighted by Crippen LogP contribution is -2.32. The van der Waals surface area contributed by atoms with Gasteiger partial charge in [0, 0.05) is 37.4 Å². The van der Waals surface area contributed by atoms with Gasteiger partial charge in [-0.2, -0.15) is 0 Å². The van der Waals surface area contributed by atoms with Crippen LogP contribution >= 0.6 is 11.3 Å². The van der Waals surface area contributed by atoms with E-state index < -0.39 is 0 Å². The third-order valence-electron chi connectivity index (χ3n) is 3.40. The second kappa shape index (κ2) is 6.66. The second-order valence-electron chi connectivity index (χ2n) is 4.99. The minimum absolute atomic E-state index is 0.0655. The van der Waals surface area contributed by atoms with E-state index in [1.165, 1.54) is 11.3 Å². The van der Waals surface area contributed by atoms with Gasteiger partial charge in [-0.15, -0.1) is 11.3 Å². The first-order chi connectivity index (χ1) is 11.1. The Bertz CT molecular complexity index is 728. The van der Waals surface area contributed by atoms with Crippen LogP contribution in [0.15, 0.2) is 29.8 Å². The lowest BCUT2D eigenvalue weighted by molar-refractivity contribution is -0.138. The van der Waals surface area contributed by atoms with Crippen LogP contribution < -0.4 is 5.32 Å². The molecule has 23 heavy (non-hydrogen) atoms. The molecule has 2 aromatic rings. The van der Waals surface area contributed by atoms with Crippen molar-refractivity contribution in [2.75, 3.05) is 11.9 Å². The van der Waals surface area contributed by atoms with E-state index in [9.17, 15) is 14.4 Å². The Kier molecular flexibility index (Phi) is 4.42. The van der Waals surface area contributed by atoms with Crippen LogP contribution in [0.3, 0.4) is 0 Å². The van der Waals surface area contributed by atoms with E-state index in [1.807, 2.05) is 23.6 Å². The number of thiazole rings is 1. The van der Waals surface area contributed by atoms with Crippen molar-refractivity contribution in [3.05, 3.63) is 29.8 Å². The summed E-state index contributed by atoms with van der Waals surface area (Å²) in [4.78, 5) is 44.5. The number of hydrogen-bond acceptors (Lipinski definition) is 6. The number of imide groups is 1. The van der Waals surface area contributed by atoms with Crippen molar-refractivity contribution in [2.45, 2.75) is 19.3 Å². The third kappa shape index (κ3) is 3.59. The summed E-state index contributed by atoms with van der Waals surface area (Å²) in [6.45, 7) is 0.113. The average Bonchev–Trinajstić information content (AvgIpc) is 3.14. The topological polar surface area (TPSA) is 92.3 Å². The molecule has 1 N–H and O–H groups in total. The van der Waals surface area contributed by atoms with Crippen molar-refractivity contribution >= 4 is 34.2 Å². The fourth-order valence-electron chi connectivity index (χ4n) is 2.23. The molecule has 1 saturated heterocycles. The molecule has 1 aliphatic heterocycles. The van der Waals surface area contributed by atoms with Gasteiger partial charge in [0.1, 0.15) is 5.69 Å². The number of pyridine rings is 1. The monoisotopic (exact) mass is 330 g/mol. The van der Waals surface area contributed by atoms with Crippen LogP contribution in [0.1, 0.15) is 19.3 Å². The zero-order valence-corrected chi connectivity index (χ0v) is 13.0. The van der Waals surface area contributed by atoms with Crippen molar-refractivity contribution < 1.29 is 14.4 Å². The molecular formula is C15H14N4O3S. The second-order valence-corrected chi connectivity index (χ2v) is 5.85. The summed E-state index contributed by atoms with van der Waals surface area (Å²) in [6.07, 6.45) is 2.22. The van der Waals surface area contributed by atoms with Crippen molar-refractivity contribution in [3.8, 4) is 11.4 Å². The van der Waals surface area contributed by atoms with Crippen LogP contribution in [-0.2, 0) is 14.4 Å². The molecule has 3 heterocycles. The summed E-state index contributed by atoms with van der Waals surface area (Å²) >= 11 is 1.30. The molecule has 3 amide bonds. The standard InChI is InChI=1S/C15H14N4O3S/c20-12(6-8-19-13(21)4-5-14(19)22)18-15-17-11(9-23-15)10-3-1-2-7-16-10/h1-3,7,9H,4-6,8H2,(H,17,18,20). The molecule has 2 aromatic heterocycles. The van der Waals surface area contributed by atoms with Gasteiger partial charge in [0.15, 0.2) is 5.13 Å². The molecule has 8 heteroatoms. The minimum Gasteiger partial charge on any atom is -0.302 e. The van der Waals surface area contributed by atoms with Gasteiger partial charge in [0.2, 0.25) is 17.7 Å². The maximum absolute atomic E-state index is 11.9. The highest BCUT2D eigenvalue weighted by Gasteiger charge is 2.28. The lowest BCUT2D eigenvalue weighted by atomic mass is 10.3. The van der Waals surface area contributed by atoms with Gasteiger partial charge in [0.25, 0.3) is 0 Å². The molecule has 0 radical (unpaired) electrons. The Labute approximate surface area is 136 Å². The van der Waals surface area contributed by atoms with Crippen LogP contribution in [0, 0.1) is 0 Å². The minimum atomic E-state index is -0.278. The van der Waals surface area contributed by atoms with Gasteiger partial charge in [-0.1, -0.05) is 6.07 Å². The number of rotatable bonds is 5. The van der Waals surface area contributed by atoms with Crippen molar-refractivity contribution in [3.63, 3.8) is 0 Å². The SMILES string of the molecule is O=C(CCN1C(=O)CCC1=O)Nc1nc(-c2ccccn2)cs1. The van der Waals surface area contributed by atoms with Crippen LogP contribution in [0.4, 0.5) is 5.13 Å². The molecule has 0 spiro atoms. The lowest BCUT2D eigenvalue weighted by Gasteiger charge is -2.12. The number of carbonyl (C=O) groups excluding carboxylic acids is 3. The number of amides is 3.